The average Bonchev–Trinajstić information content (AvgIpc) is 3.15. The quantitative estimate of drug-likeness (QED) is 0.619. The second-order valence-electron chi connectivity index (χ2n) is 4.61. The summed E-state index contributed by atoms with van der Waals surface area (Å²) in [7, 11) is 0. The minimum absolute atomic E-state index is 0.0000196. The van der Waals surface area contributed by atoms with Gasteiger partial charge in [0.25, 0.3) is 5.91 Å². The van der Waals surface area contributed by atoms with Crippen LogP contribution in [0.3, 0.4) is 0 Å². The maximum Gasteiger partial charge on any atom is 0.251 e. The Balaban J connectivity index is 2.08. The maximum absolute atomic E-state index is 11.9. The number of hydrazone groups is 1. The lowest BCUT2D eigenvalue weighted by Gasteiger charge is -2.08. The van der Waals surface area contributed by atoms with Gasteiger partial charge in [0.15, 0.2) is 0 Å². The summed E-state index contributed by atoms with van der Waals surface area (Å²) in [4.78, 5) is 11.9. The van der Waals surface area contributed by atoms with E-state index in [4.69, 9.17) is 0 Å². The number of hydrogen-bond acceptors (Lipinski definition) is 3. The van der Waals surface area contributed by atoms with Crippen LogP contribution in [0.25, 0.3) is 0 Å². The highest BCUT2D eigenvalue weighted by Crippen LogP contribution is 2.21. The Morgan fingerprint density at radius 1 is 1.50 bits per heavy atom. The van der Waals surface area contributed by atoms with Crippen LogP contribution in [0, 0.1) is 6.92 Å². The van der Waals surface area contributed by atoms with E-state index in [1.807, 2.05) is 32.0 Å². The summed E-state index contributed by atoms with van der Waals surface area (Å²) in [5.74, 6) is 0.0000196. The Labute approximate surface area is 107 Å². The molecule has 0 spiro atoms. The van der Waals surface area contributed by atoms with E-state index in [2.05, 4.69) is 15.8 Å². The van der Waals surface area contributed by atoms with E-state index in [0.29, 0.717) is 11.6 Å². The van der Waals surface area contributed by atoms with E-state index in [-0.39, 0.29) is 5.91 Å². The molecule has 1 aromatic rings. The molecule has 18 heavy (non-hydrogen) atoms. The monoisotopic (exact) mass is 245 g/mol. The van der Waals surface area contributed by atoms with Gasteiger partial charge in [0, 0.05) is 17.8 Å². The Hall–Kier alpha value is -1.84. The fourth-order valence-electron chi connectivity index (χ4n) is 1.59. The summed E-state index contributed by atoms with van der Waals surface area (Å²) < 4.78 is 0. The fourth-order valence-corrected chi connectivity index (χ4v) is 1.59. The van der Waals surface area contributed by atoms with Crippen molar-refractivity contribution in [2.24, 2.45) is 5.10 Å². The van der Waals surface area contributed by atoms with Crippen LogP contribution in [0.2, 0.25) is 0 Å². The standard InChI is InChI=1S/C14H19N3O/c1-3-8-15-17-13-9-11(5-4-10(13)2)14(18)16-12-6-7-12/h4-5,8-9,12,17H,3,6-7H2,1-2H3,(H,16,18)/b15-8-. The lowest BCUT2D eigenvalue weighted by molar-refractivity contribution is 0.0951. The molecule has 4 heteroatoms. The van der Waals surface area contributed by atoms with E-state index < -0.39 is 0 Å². The van der Waals surface area contributed by atoms with Crippen LogP contribution < -0.4 is 10.7 Å². The van der Waals surface area contributed by atoms with Crippen molar-refractivity contribution in [1.82, 2.24) is 5.32 Å². The summed E-state index contributed by atoms with van der Waals surface area (Å²) in [6.45, 7) is 4.02. The number of benzene rings is 1. The van der Waals surface area contributed by atoms with Gasteiger partial charge in [-0.05, 0) is 43.9 Å². The van der Waals surface area contributed by atoms with Crippen LogP contribution in [0.4, 0.5) is 5.69 Å². The van der Waals surface area contributed by atoms with Gasteiger partial charge in [-0.2, -0.15) is 5.10 Å². The summed E-state index contributed by atoms with van der Waals surface area (Å²) in [5.41, 5.74) is 5.60. The van der Waals surface area contributed by atoms with Crippen LogP contribution in [-0.2, 0) is 0 Å². The van der Waals surface area contributed by atoms with E-state index in [0.717, 1.165) is 30.5 Å². The number of carbonyl (C=O) groups excluding carboxylic acids is 1. The Morgan fingerprint density at radius 3 is 2.94 bits per heavy atom. The molecule has 1 aromatic carbocycles. The summed E-state index contributed by atoms with van der Waals surface area (Å²) in [6.07, 6.45) is 4.89. The number of hydrogen-bond donors (Lipinski definition) is 2. The highest BCUT2D eigenvalue weighted by atomic mass is 16.1. The Bertz CT molecular complexity index is 464. The van der Waals surface area contributed by atoms with E-state index in [9.17, 15) is 4.79 Å². The number of nitrogens with one attached hydrogen (secondary N) is 2. The van der Waals surface area contributed by atoms with Crippen molar-refractivity contribution in [3.05, 3.63) is 29.3 Å². The van der Waals surface area contributed by atoms with Crippen molar-refractivity contribution < 1.29 is 4.79 Å². The number of anilines is 1. The lowest BCUT2D eigenvalue weighted by atomic mass is 10.1. The van der Waals surface area contributed by atoms with Gasteiger partial charge in [-0.25, -0.2) is 0 Å². The van der Waals surface area contributed by atoms with Crippen LogP contribution >= 0.6 is 0 Å². The minimum atomic E-state index is 0.0000196. The van der Waals surface area contributed by atoms with Gasteiger partial charge in [0.2, 0.25) is 0 Å². The zero-order chi connectivity index (χ0) is 13.0. The van der Waals surface area contributed by atoms with Gasteiger partial charge in [-0.3, -0.25) is 10.2 Å². The average molecular weight is 245 g/mol. The Morgan fingerprint density at radius 2 is 2.28 bits per heavy atom. The Kier molecular flexibility index (Phi) is 3.97. The third-order valence-corrected chi connectivity index (χ3v) is 2.87. The van der Waals surface area contributed by atoms with Crippen molar-refractivity contribution in [2.75, 3.05) is 5.43 Å². The molecule has 1 aliphatic carbocycles. The van der Waals surface area contributed by atoms with Crippen molar-refractivity contribution in [3.8, 4) is 0 Å². The molecule has 1 fully saturated rings. The van der Waals surface area contributed by atoms with Crippen LogP contribution in [0.1, 0.15) is 42.1 Å². The molecule has 0 atom stereocenters. The molecule has 0 radical (unpaired) electrons. The SMILES string of the molecule is CC/C=N\Nc1cc(C(=O)NC2CC2)ccc1C. The molecule has 1 amide bonds. The summed E-state index contributed by atoms with van der Waals surface area (Å²) in [5, 5.41) is 7.07. The zero-order valence-corrected chi connectivity index (χ0v) is 10.9. The van der Waals surface area contributed by atoms with Gasteiger partial charge >= 0.3 is 0 Å². The van der Waals surface area contributed by atoms with Gasteiger partial charge in [0.1, 0.15) is 0 Å². The van der Waals surface area contributed by atoms with Crippen molar-refractivity contribution in [2.45, 2.75) is 39.2 Å². The number of carbonyl (C=O) groups is 1. The van der Waals surface area contributed by atoms with Crippen molar-refractivity contribution in [3.63, 3.8) is 0 Å². The highest BCUT2D eigenvalue weighted by Gasteiger charge is 2.23. The first kappa shape index (κ1) is 12.6. The van der Waals surface area contributed by atoms with E-state index in [1.165, 1.54) is 0 Å². The predicted octanol–water partition coefficient (Wildman–Crippen LogP) is 2.69. The smallest absolute Gasteiger partial charge is 0.251 e. The second-order valence-corrected chi connectivity index (χ2v) is 4.61. The number of rotatable bonds is 5. The molecule has 0 bridgehead atoms. The van der Waals surface area contributed by atoms with E-state index in [1.54, 1.807) is 6.21 Å². The first-order valence-corrected chi connectivity index (χ1v) is 6.39. The molecule has 0 heterocycles. The van der Waals surface area contributed by atoms with Crippen LogP contribution in [0.5, 0.6) is 0 Å². The van der Waals surface area contributed by atoms with Gasteiger partial charge < -0.3 is 5.32 Å². The molecule has 96 valence electrons. The van der Waals surface area contributed by atoms with E-state index >= 15 is 0 Å². The first-order chi connectivity index (χ1) is 8.70. The molecule has 1 aliphatic rings. The molecular formula is C14H19N3O. The first-order valence-electron chi connectivity index (χ1n) is 6.39. The fraction of sp³-hybridized carbons (Fsp3) is 0.429. The number of amides is 1. The maximum atomic E-state index is 11.9. The second kappa shape index (κ2) is 5.67. The van der Waals surface area contributed by atoms with Crippen LogP contribution in [0.15, 0.2) is 23.3 Å². The summed E-state index contributed by atoms with van der Waals surface area (Å²) in [6, 6.07) is 6.02. The molecule has 2 N–H and O–H groups in total. The topological polar surface area (TPSA) is 53.5 Å². The number of nitrogens with zero attached hydrogens (tertiary/aromatic N) is 1. The largest absolute Gasteiger partial charge is 0.349 e. The third kappa shape index (κ3) is 3.32. The molecule has 2 rings (SSSR count). The highest BCUT2D eigenvalue weighted by molar-refractivity contribution is 5.95. The third-order valence-electron chi connectivity index (χ3n) is 2.87. The van der Waals surface area contributed by atoms with Gasteiger partial charge in [0.05, 0.1) is 5.69 Å². The molecular weight excluding hydrogens is 226 g/mol. The molecule has 0 saturated heterocycles. The van der Waals surface area contributed by atoms with Gasteiger partial charge in [-0.15, -0.1) is 0 Å². The summed E-state index contributed by atoms with van der Waals surface area (Å²) >= 11 is 0. The molecule has 0 aliphatic heterocycles. The molecule has 0 unspecified atom stereocenters. The molecule has 4 nitrogen and oxygen atoms in total. The normalized spacial score (nSPS) is 14.8. The minimum Gasteiger partial charge on any atom is -0.349 e. The van der Waals surface area contributed by atoms with Crippen molar-refractivity contribution in [1.29, 1.82) is 0 Å². The number of aryl methyl sites for hydroxylation is 1. The van der Waals surface area contributed by atoms with Crippen LogP contribution in [-0.4, -0.2) is 18.2 Å². The lowest BCUT2D eigenvalue weighted by Crippen LogP contribution is -2.25. The zero-order valence-electron chi connectivity index (χ0n) is 10.9. The van der Waals surface area contributed by atoms with Crippen molar-refractivity contribution >= 4 is 17.8 Å². The predicted molar refractivity (Wildman–Crippen MR) is 74.1 cm³/mol. The molecule has 0 aromatic heterocycles. The molecule has 1 saturated carbocycles. The van der Waals surface area contributed by atoms with Gasteiger partial charge in [-0.1, -0.05) is 13.0 Å².